The lowest BCUT2D eigenvalue weighted by Crippen LogP contribution is -2.34. The van der Waals surface area contributed by atoms with Crippen LogP contribution in [0.25, 0.3) is 0 Å². The SMILES string of the molecule is COC(OC)C1CCNc2nnnn21. The first-order chi connectivity index (χ1) is 6.86. The third-order valence-electron chi connectivity index (χ3n) is 2.31. The molecule has 0 aromatic carbocycles. The van der Waals surface area contributed by atoms with E-state index in [1.807, 2.05) is 0 Å². The first-order valence-electron chi connectivity index (χ1n) is 4.44. The zero-order valence-electron chi connectivity index (χ0n) is 8.17. The van der Waals surface area contributed by atoms with Crippen LogP contribution in [0.15, 0.2) is 0 Å². The molecule has 0 aliphatic carbocycles. The molecule has 0 radical (unpaired) electrons. The summed E-state index contributed by atoms with van der Waals surface area (Å²) in [6.07, 6.45) is 0.573. The number of aromatic nitrogens is 4. The van der Waals surface area contributed by atoms with Gasteiger partial charge in [0.25, 0.3) is 0 Å². The van der Waals surface area contributed by atoms with Crippen LogP contribution < -0.4 is 5.32 Å². The molecule has 1 N–H and O–H groups in total. The van der Waals surface area contributed by atoms with E-state index < -0.39 is 0 Å². The Balaban J connectivity index is 2.22. The monoisotopic (exact) mass is 199 g/mol. The molecule has 2 heterocycles. The van der Waals surface area contributed by atoms with E-state index in [9.17, 15) is 0 Å². The maximum Gasteiger partial charge on any atom is 0.243 e. The van der Waals surface area contributed by atoms with Crippen molar-refractivity contribution < 1.29 is 9.47 Å². The average Bonchev–Trinajstić information content (AvgIpc) is 2.68. The average molecular weight is 199 g/mol. The van der Waals surface area contributed by atoms with Gasteiger partial charge in [-0.3, -0.25) is 0 Å². The molecule has 7 nitrogen and oxygen atoms in total. The van der Waals surface area contributed by atoms with Gasteiger partial charge in [-0.05, 0) is 16.8 Å². The number of hydrogen-bond donors (Lipinski definition) is 1. The zero-order valence-corrected chi connectivity index (χ0v) is 8.17. The number of rotatable bonds is 3. The molecule has 1 aliphatic heterocycles. The van der Waals surface area contributed by atoms with Gasteiger partial charge in [-0.25, -0.2) is 4.68 Å². The van der Waals surface area contributed by atoms with Gasteiger partial charge in [-0.15, -0.1) is 0 Å². The largest absolute Gasteiger partial charge is 0.354 e. The summed E-state index contributed by atoms with van der Waals surface area (Å²) in [6, 6.07) is 0.0382. The highest BCUT2D eigenvalue weighted by atomic mass is 16.7. The summed E-state index contributed by atoms with van der Waals surface area (Å²) in [4.78, 5) is 0. The molecule has 1 atom stereocenters. The van der Waals surface area contributed by atoms with E-state index in [0.717, 1.165) is 13.0 Å². The number of methoxy groups -OCH3 is 2. The zero-order chi connectivity index (χ0) is 9.97. The quantitative estimate of drug-likeness (QED) is 0.671. The van der Waals surface area contributed by atoms with Gasteiger partial charge < -0.3 is 14.8 Å². The topological polar surface area (TPSA) is 74.1 Å². The minimum Gasteiger partial charge on any atom is -0.354 e. The number of tetrazole rings is 1. The Hall–Kier alpha value is -1.21. The van der Waals surface area contributed by atoms with Gasteiger partial charge in [-0.2, -0.15) is 0 Å². The number of hydrogen-bond acceptors (Lipinski definition) is 6. The molecule has 0 bridgehead atoms. The van der Waals surface area contributed by atoms with Crippen LogP contribution in [0.5, 0.6) is 0 Å². The van der Waals surface area contributed by atoms with Crippen LogP contribution in [0.1, 0.15) is 12.5 Å². The highest BCUT2D eigenvalue weighted by molar-refractivity contribution is 5.24. The van der Waals surface area contributed by atoms with Crippen LogP contribution in [0.3, 0.4) is 0 Å². The lowest BCUT2D eigenvalue weighted by molar-refractivity contribution is -0.135. The van der Waals surface area contributed by atoms with Gasteiger partial charge in [0.1, 0.15) is 6.04 Å². The van der Waals surface area contributed by atoms with Crippen LogP contribution in [-0.4, -0.2) is 47.3 Å². The van der Waals surface area contributed by atoms with Crippen LogP contribution in [0.4, 0.5) is 5.95 Å². The Kier molecular flexibility index (Phi) is 2.60. The lowest BCUT2D eigenvalue weighted by Gasteiger charge is -2.28. The fourth-order valence-corrected chi connectivity index (χ4v) is 1.65. The van der Waals surface area contributed by atoms with Crippen LogP contribution >= 0.6 is 0 Å². The molecule has 0 saturated heterocycles. The molecule has 1 unspecified atom stereocenters. The predicted molar refractivity (Wildman–Crippen MR) is 47.8 cm³/mol. The molecule has 0 fully saturated rings. The van der Waals surface area contributed by atoms with Crippen molar-refractivity contribution in [2.75, 3.05) is 26.1 Å². The van der Waals surface area contributed by atoms with E-state index in [1.54, 1.807) is 18.9 Å². The molecule has 2 rings (SSSR count). The summed E-state index contributed by atoms with van der Waals surface area (Å²) in [5.41, 5.74) is 0. The number of nitrogens with zero attached hydrogens (tertiary/aromatic N) is 4. The fraction of sp³-hybridized carbons (Fsp3) is 0.857. The summed E-state index contributed by atoms with van der Waals surface area (Å²) >= 11 is 0. The Morgan fingerprint density at radius 3 is 3.00 bits per heavy atom. The first-order valence-corrected chi connectivity index (χ1v) is 4.44. The van der Waals surface area contributed by atoms with Crippen molar-refractivity contribution in [2.24, 2.45) is 0 Å². The van der Waals surface area contributed by atoms with Crippen LogP contribution in [0, 0.1) is 0 Å². The molecule has 1 aromatic rings. The molecule has 14 heavy (non-hydrogen) atoms. The van der Waals surface area contributed by atoms with Crippen LogP contribution in [-0.2, 0) is 9.47 Å². The smallest absolute Gasteiger partial charge is 0.243 e. The maximum absolute atomic E-state index is 5.20. The summed E-state index contributed by atoms with van der Waals surface area (Å²) in [6.45, 7) is 0.828. The summed E-state index contributed by atoms with van der Waals surface area (Å²) in [5, 5.41) is 14.4. The Labute approximate surface area is 81.4 Å². The normalized spacial score (nSPS) is 20.6. The van der Waals surface area contributed by atoms with Gasteiger partial charge in [-0.1, -0.05) is 5.10 Å². The predicted octanol–water partition coefficient (Wildman–Crippen LogP) is -0.351. The van der Waals surface area contributed by atoms with E-state index >= 15 is 0 Å². The Bertz CT molecular complexity index is 298. The van der Waals surface area contributed by atoms with E-state index in [2.05, 4.69) is 20.8 Å². The van der Waals surface area contributed by atoms with E-state index in [0.29, 0.717) is 5.95 Å². The molecule has 78 valence electrons. The van der Waals surface area contributed by atoms with Crippen molar-refractivity contribution >= 4 is 5.95 Å². The third kappa shape index (κ3) is 1.44. The molecule has 1 aromatic heterocycles. The molecule has 0 saturated carbocycles. The second-order valence-corrected chi connectivity index (χ2v) is 3.07. The van der Waals surface area contributed by atoms with Gasteiger partial charge >= 0.3 is 0 Å². The molecular weight excluding hydrogens is 186 g/mol. The van der Waals surface area contributed by atoms with Crippen LogP contribution in [0.2, 0.25) is 0 Å². The van der Waals surface area contributed by atoms with Gasteiger partial charge in [0.2, 0.25) is 5.95 Å². The number of nitrogens with one attached hydrogen (secondary N) is 1. The van der Waals surface area contributed by atoms with Crippen molar-refractivity contribution in [3.63, 3.8) is 0 Å². The molecule has 7 heteroatoms. The summed E-state index contributed by atoms with van der Waals surface area (Å²) in [5.74, 6) is 0.667. The summed E-state index contributed by atoms with van der Waals surface area (Å²) in [7, 11) is 3.22. The highest BCUT2D eigenvalue weighted by Gasteiger charge is 2.29. The second-order valence-electron chi connectivity index (χ2n) is 3.07. The molecule has 0 amide bonds. The standard InChI is InChI=1S/C7H13N5O2/c1-13-6(14-2)5-3-4-8-7-9-10-11-12(5)7/h5-6H,3-4H2,1-2H3,(H,8,9,11). The minimum absolute atomic E-state index is 0.0382. The molecule has 1 aliphatic rings. The second kappa shape index (κ2) is 3.89. The van der Waals surface area contributed by atoms with Crippen molar-refractivity contribution in [3.8, 4) is 0 Å². The number of anilines is 1. The number of fused-ring (bicyclic) bond motifs is 1. The van der Waals surface area contributed by atoms with Gasteiger partial charge in [0, 0.05) is 20.8 Å². The highest BCUT2D eigenvalue weighted by Crippen LogP contribution is 2.24. The van der Waals surface area contributed by atoms with Crippen molar-refractivity contribution in [3.05, 3.63) is 0 Å². The Morgan fingerprint density at radius 2 is 2.29 bits per heavy atom. The van der Waals surface area contributed by atoms with Gasteiger partial charge in [0.05, 0.1) is 0 Å². The number of ether oxygens (including phenoxy) is 2. The minimum atomic E-state index is -0.306. The van der Waals surface area contributed by atoms with Crippen molar-refractivity contribution in [1.29, 1.82) is 0 Å². The lowest BCUT2D eigenvalue weighted by atomic mass is 10.2. The molecule has 0 spiro atoms. The Morgan fingerprint density at radius 1 is 1.50 bits per heavy atom. The summed E-state index contributed by atoms with van der Waals surface area (Å²) < 4.78 is 12.1. The molecular formula is C7H13N5O2. The maximum atomic E-state index is 5.20. The first kappa shape index (κ1) is 9.35. The van der Waals surface area contributed by atoms with E-state index in [4.69, 9.17) is 9.47 Å². The van der Waals surface area contributed by atoms with E-state index in [-0.39, 0.29) is 12.3 Å². The van der Waals surface area contributed by atoms with Crippen molar-refractivity contribution in [1.82, 2.24) is 20.2 Å². The van der Waals surface area contributed by atoms with E-state index in [1.165, 1.54) is 0 Å². The van der Waals surface area contributed by atoms with Crippen molar-refractivity contribution in [2.45, 2.75) is 18.8 Å². The van der Waals surface area contributed by atoms with Gasteiger partial charge in [0.15, 0.2) is 6.29 Å². The fourth-order valence-electron chi connectivity index (χ4n) is 1.65. The third-order valence-corrected chi connectivity index (χ3v) is 2.31.